The summed E-state index contributed by atoms with van der Waals surface area (Å²) in [4.78, 5) is 17.0. The van der Waals surface area contributed by atoms with Crippen LogP contribution in [0.1, 0.15) is 17.2 Å². The van der Waals surface area contributed by atoms with Crippen LogP contribution in [0.4, 0.5) is 11.4 Å². The number of rotatable bonds is 5. The molecule has 0 aliphatic carbocycles. The summed E-state index contributed by atoms with van der Waals surface area (Å²) < 4.78 is 0. The minimum absolute atomic E-state index is 0.0585. The topological polar surface area (TPSA) is 36.8 Å². The van der Waals surface area contributed by atoms with Crippen LogP contribution in [0, 0.1) is 6.92 Å². The molecule has 3 aromatic carbocycles. The monoisotopic (exact) mass is 386 g/mol. The number of carbonyl (C=O) groups excluding carboxylic acids is 1. The van der Waals surface area contributed by atoms with Crippen molar-refractivity contribution in [2.45, 2.75) is 13.0 Å². The Bertz CT molecular complexity index is 917. The molecule has 4 rings (SSSR count). The maximum atomic E-state index is 13.3. The summed E-state index contributed by atoms with van der Waals surface area (Å²) in [5, 5.41) is 3.13. The number of carbonyl (C=O) groups is 1. The van der Waals surface area contributed by atoms with Gasteiger partial charge in [-0.05, 0) is 31.2 Å². The van der Waals surface area contributed by atoms with Gasteiger partial charge in [-0.1, -0.05) is 66.2 Å². The zero-order valence-corrected chi connectivity index (χ0v) is 16.8. The smallest absolute Gasteiger partial charge is 0.287 e. The number of nitrogens with zero attached hydrogens (tertiary/aromatic N) is 1. The highest BCUT2D eigenvalue weighted by molar-refractivity contribution is 5.94. The average molecular weight is 387 g/mol. The molecule has 1 aliphatic heterocycles. The minimum Gasteiger partial charge on any atom is -0.360 e. The van der Waals surface area contributed by atoms with Crippen LogP contribution >= 0.6 is 0 Å². The van der Waals surface area contributed by atoms with E-state index in [2.05, 4.69) is 53.5 Å². The van der Waals surface area contributed by atoms with E-state index in [1.807, 2.05) is 48.5 Å². The van der Waals surface area contributed by atoms with Gasteiger partial charge in [0.1, 0.15) is 0 Å². The third-order valence-corrected chi connectivity index (χ3v) is 5.65. The summed E-state index contributed by atoms with van der Waals surface area (Å²) in [7, 11) is 0. The Morgan fingerprint density at radius 2 is 1.45 bits per heavy atom. The Labute approximate surface area is 172 Å². The molecule has 0 radical (unpaired) electrons. The largest absolute Gasteiger partial charge is 0.360 e. The van der Waals surface area contributed by atoms with Crippen molar-refractivity contribution in [3.05, 3.63) is 96.1 Å². The fourth-order valence-corrected chi connectivity index (χ4v) is 4.05. The van der Waals surface area contributed by atoms with Gasteiger partial charge in [-0.2, -0.15) is 0 Å². The summed E-state index contributed by atoms with van der Waals surface area (Å²) in [6, 6.07) is 28.5. The molecule has 1 atom stereocenters. The van der Waals surface area contributed by atoms with E-state index in [0.29, 0.717) is 0 Å². The summed E-state index contributed by atoms with van der Waals surface area (Å²) in [5.74, 6) is 0.0585. The van der Waals surface area contributed by atoms with Crippen LogP contribution in [0.15, 0.2) is 84.9 Å². The normalized spacial score (nSPS) is 15.7. The first-order chi connectivity index (χ1) is 14.2. The van der Waals surface area contributed by atoms with Crippen LogP contribution in [-0.2, 0) is 4.79 Å². The fourth-order valence-electron chi connectivity index (χ4n) is 4.05. The molecule has 1 heterocycles. The summed E-state index contributed by atoms with van der Waals surface area (Å²) in [5.41, 5.74) is 4.36. The quantitative estimate of drug-likeness (QED) is 0.707. The van der Waals surface area contributed by atoms with E-state index >= 15 is 0 Å². The molecular weight excluding hydrogens is 358 g/mol. The highest BCUT2D eigenvalue weighted by Gasteiger charge is 2.34. The zero-order chi connectivity index (χ0) is 20.1. The number of aryl methyl sites for hydroxylation is 1. The highest BCUT2D eigenvalue weighted by Crippen LogP contribution is 2.17. The Kier molecular flexibility index (Phi) is 5.92. The lowest BCUT2D eigenvalue weighted by Crippen LogP contribution is -3.16. The molecule has 148 valence electrons. The Morgan fingerprint density at radius 3 is 2.07 bits per heavy atom. The first-order valence-corrected chi connectivity index (χ1v) is 10.3. The van der Waals surface area contributed by atoms with Crippen molar-refractivity contribution < 1.29 is 9.69 Å². The zero-order valence-electron chi connectivity index (χ0n) is 16.8. The molecule has 4 nitrogen and oxygen atoms in total. The average Bonchev–Trinajstić information content (AvgIpc) is 2.77. The van der Waals surface area contributed by atoms with E-state index in [-0.39, 0.29) is 11.9 Å². The predicted molar refractivity (Wildman–Crippen MR) is 118 cm³/mol. The second-order valence-corrected chi connectivity index (χ2v) is 7.68. The van der Waals surface area contributed by atoms with E-state index in [0.717, 1.165) is 37.4 Å². The van der Waals surface area contributed by atoms with Crippen LogP contribution in [-0.4, -0.2) is 32.1 Å². The Hall–Kier alpha value is -3.11. The van der Waals surface area contributed by atoms with E-state index in [1.54, 1.807) is 0 Å². The van der Waals surface area contributed by atoms with Crippen LogP contribution in [0.3, 0.4) is 0 Å². The van der Waals surface area contributed by atoms with Gasteiger partial charge in [0.2, 0.25) is 0 Å². The van der Waals surface area contributed by atoms with Crippen molar-refractivity contribution in [3.63, 3.8) is 0 Å². The standard InChI is InChI=1S/C25H27N3O/c1-20-12-14-22(15-13-20)26-25(29)24(21-8-4-2-5-9-21)28-18-16-27(17-19-28)23-10-6-3-7-11-23/h2-15,24H,16-19H2,1H3,(H,26,29)/p+1/t24-/m0/s1. The predicted octanol–water partition coefficient (Wildman–Crippen LogP) is 3.08. The van der Waals surface area contributed by atoms with Crippen molar-refractivity contribution in [1.82, 2.24) is 0 Å². The van der Waals surface area contributed by atoms with Crippen LogP contribution in [0.25, 0.3) is 0 Å². The molecule has 1 aliphatic rings. The molecule has 3 aromatic rings. The van der Waals surface area contributed by atoms with Gasteiger partial charge in [-0.15, -0.1) is 0 Å². The van der Waals surface area contributed by atoms with Gasteiger partial charge in [-0.3, -0.25) is 4.79 Å². The molecular formula is C25H28N3O+. The van der Waals surface area contributed by atoms with E-state index in [9.17, 15) is 4.79 Å². The summed E-state index contributed by atoms with van der Waals surface area (Å²) >= 11 is 0. The first kappa shape index (κ1) is 19.2. The number of hydrogen-bond donors (Lipinski definition) is 2. The van der Waals surface area contributed by atoms with Crippen molar-refractivity contribution >= 4 is 17.3 Å². The lowest BCUT2D eigenvalue weighted by atomic mass is 10.0. The number of hydrogen-bond acceptors (Lipinski definition) is 2. The van der Waals surface area contributed by atoms with Gasteiger partial charge in [0, 0.05) is 16.9 Å². The van der Waals surface area contributed by atoms with Crippen LogP contribution in [0.5, 0.6) is 0 Å². The van der Waals surface area contributed by atoms with Gasteiger partial charge in [-0.25, -0.2) is 0 Å². The van der Waals surface area contributed by atoms with E-state index in [4.69, 9.17) is 0 Å². The van der Waals surface area contributed by atoms with Crippen LogP contribution in [0.2, 0.25) is 0 Å². The van der Waals surface area contributed by atoms with Crippen molar-refractivity contribution in [3.8, 4) is 0 Å². The second kappa shape index (κ2) is 8.93. The number of para-hydroxylation sites is 1. The molecule has 0 saturated carbocycles. The maximum absolute atomic E-state index is 13.3. The van der Waals surface area contributed by atoms with Gasteiger partial charge in [0.25, 0.3) is 5.91 Å². The van der Waals surface area contributed by atoms with Gasteiger partial charge in [0.15, 0.2) is 6.04 Å². The number of anilines is 2. The van der Waals surface area contributed by atoms with Gasteiger partial charge >= 0.3 is 0 Å². The summed E-state index contributed by atoms with van der Waals surface area (Å²) in [6.07, 6.45) is 0. The van der Waals surface area contributed by atoms with Crippen molar-refractivity contribution in [2.24, 2.45) is 0 Å². The molecule has 1 amide bonds. The van der Waals surface area contributed by atoms with Crippen molar-refractivity contribution in [2.75, 3.05) is 36.4 Å². The molecule has 29 heavy (non-hydrogen) atoms. The lowest BCUT2D eigenvalue weighted by Gasteiger charge is -2.37. The fraction of sp³-hybridized carbons (Fsp3) is 0.240. The van der Waals surface area contributed by atoms with Gasteiger partial charge < -0.3 is 15.1 Å². The van der Waals surface area contributed by atoms with Crippen LogP contribution < -0.4 is 15.1 Å². The SMILES string of the molecule is Cc1ccc(NC(=O)[C@H](c2ccccc2)[NH+]2CCN(c3ccccc3)CC2)cc1. The first-order valence-electron chi connectivity index (χ1n) is 10.3. The van der Waals surface area contributed by atoms with Crippen molar-refractivity contribution in [1.29, 1.82) is 0 Å². The molecule has 1 fully saturated rings. The Morgan fingerprint density at radius 1 is 0.862 bits per heavy atom. The third kappa shape index (κ3) is 4.66. The summed E-state index contributed by atoms with van der Waals surface area (Å²) in [6.45, 7) is 5.79. The molecule has 2 N–H and O–H groups in total. The minimum atomic E-state index is -0.213. The second-order valence-electron chi connectivity index (χ2n) is 7.68. The molecule has 0 bridgehead atoms. The van der Waals surface area contributed by atoms with E-state index in [1.165, 1.54) is 16.2 Å². The molecule has 0 aromatic heterocycles. The number of nitrogens with one attached hydrogen (secondary N) is 2. The molecule has 1 saturated heterocycles. The maximum Gasteiger partial charge on any atom is 0.287 e. The molecule has 0 unspecified atom stereocenters. The van der Waals surface area contributed by atoms with Gasteiger partial charge in [0.05, 0.1) is 26.2 Å². The lowest BCUT2D eigenvalue weighted by molar-refractivity contribution is -0.922. The third-order valence-electron chi connectivity index (χ3n) is 5.65. The molecule has 0 spiro atoms. The highest BCUT2D eigenvalue weighted by atomic mass is 16.2. The number of quaternary nitrogens is 1. The number of benzene rings is 3. The molecule has 4 heteroatoms. The Balaban J connectivity index is 1.51. The number of piperazine rings is 1. The number of amides is 1. The van der Waals surface area contributed by atoms with E-state index < -0.39 is 0 Å².